The molecule has 0 unspecified atom stereocenters. The van der Waals surface area contributed by atoms with Crippen molar-refractivity contribution in [2.45, 2.75) is 75.7 Å². The predicted molar refractivity (Wildman–Crippen MR) is 181 cm³/mol. The number of rotatable bonds is 11. The first kappa shape index (κ1) is 30.9. The molecule has 2 aliphatic rings. The van der Waals surface area contributed by atoms with Crippen LogP contribution in [0.4, 0.5) is 0 Å². The van der Waals surface area contributed by atoms with Crippen molar-refractivity contribution in [3.63, 3.8) is 0 Å². The lowest BCUT2D eigenvalue weighted by molar-refractivity contribution is -0.169. The fourth-order valence-corrected chi connectivity index (χ4v) is 9.14. The summed E-state index contributed by atoms with van der Waals surface area (Å²) in [6.45, 7) is 1.70. The third kappa shape index (κ3) is 5.83. The average Bonchev–Trinajstić information content (AvgIpc) is 3.92. The molecule has 46 heavy (non-hydrogen) atoms. The molecule has 3 heterocycles. The van der Waals surface area contributed by atoms with Gasteiger partial charge in [-0.3, -0.25) is 4.79 Å². The zero-order valence-corrected chi connectivity index (χ0v) is 27.6. The first-order valence-corrected chi connectivity index (χ1v) is 17.8. The maximum atomic E-state index is 13.7. The molecule has 0 bridgehead atoms. The van der Waals surface area contributed by atoms with Gasteiger partial charge in [-0.05, 0) is 111 Å². The highest BCUT2D eigenvalue weighted by molar-refractivity contribution is 7.16. The molecule has 0 radical (unpaired) electrons. The van der Waals surface area contributed by atoms with Gasteiger partial charge >= 0.3 is 5.97 Å². The summed E-state index contributed by atoms with van der Waals surface area (Å²) in [6, 6.07) is 19.8. The summed E-state index contributed by atoms with van der Waals surface area (Å²) >= 11 is 2.79. The Bertz CT molecular complexity index is 1830. The van der Waals surface area contributed by atoms with Crippen LogP contribution in [-0.4, -0.2) is 63.0 Å². The van der Waals surface area contributed by atoms with Gasteiger partial charge in [0.25, 0.3) is 0 Å². The third-order valence-electron chi connectivity index (χ3n) is 9.65. The number of hydrogen-bond donors (Lipinski definition) is 1. The molecule has 0 amide bonds. The monoisotopic (exact) mass is 654 g/mol. The second-order valence-corrected chi connectivity index (χ2v) is 14.5. The first-order valence-electron chi connectivity index (χ1n) is 16.1. The second-order valence-electron chi connectivity index (χ2n) is 12.5. The minimum Gasteiger partial charge on any atom is -0.460 e. The number of ether oxygens (including phenoxy) is 1. The van der Waals surface area contributed by atoms with Crippen LogP contribution in [0.15, 0.2) is 66.0 Å². The van der Waals surface area contributed by atoms with Crippen LogP contribution < -0.4 is 0 Å². The number of thiophene rings is 2. The number of aldehydes is 1. The van der Waals surface area contributed by atoms with Crippen molar-refractivity contribution < 1.29 is 19.4 Å². The van der Waals surface area contributed by atoms with Crippen LogP contribution in [0.2, 0.25) is 0 Å². The molecule has 8 nitrogen and oxygen atoms in total. The summed E-state index contributed by atoms with van der Waals surface area (Å²) in [6.07, 6.45) is 8.03. The van der Waals surface area contributed by atoms with Gasteiger partial charge in [-0.25, -0.2) is 9.48 Å². The van der Waals surface area contributed by atoms with Gasteiger partial charge in [-0.2, -0.15) is 0 Å². The van der Waals surface area contributed by atoms with Crippen LogP contribution in [0.5, 0.6) is 0 Å². The maximum absolute atomic E-state index is 13.7. The third-order valence-corrected chi connectivity index (χ3v) is 11.9. The van der Waals surface area contributed by atoms with Crippen LogP contribution in [0.25, 0.3) is 21.5 Å². The zero-order chi connectivity index (χ0) is 31.7. The van der Waals surface area contributed by atoms with Gasteiger partial charge in [0.2, 0.25) is 5.60 Å². The Morgan fingerprint density at radius 1 is 1.07 bits per heavy atom. The van der Waals surface area contributed by atoms with Gasteiger partial charge in [-0.15, -0.1) is 27.8 Å². The maximum Gasteiger partial charge on any atom is 0.349 e. The Hall–Kier alpha value is -3.70. The fourth-order valence-electron chi connectivity index (χ4n) is 7.14. The van der Waals surface area contributed by atoms with Crippen LogP contribution in [0.3, 0.4) is 0 Å². The van der Waals surface area contributed by atoms with Gasteiger partial charge in [0, 0.05) is 23.0 Å². The quantitative estimate of drug-likeness (QED) is 0.126. The number of aromatic nitrogens is 3. The van der Waals surface area contributed by atoms with Gasteiger partial charge < -0.3 is 14.7 Å². The Morgan fingerprint density at radius 2 is 1.87 bits per heavy atom. The summed E-state index contributed by atoms with van der Waals surface area (Å²) in [4.78, 5) is 29.9. The van der Waals surface area contributed by atoms with E-state index in [1.165, 1.54) is 33.8 Å². The molecular weight excluding hydrogens is 617 g/mol. The molecule has 0 spiro atoms. The minimum atomic E-state index is -1.83. The number of benzene rings is 2. The lowest BCUT2D eigenvalue weighted by Crippen LogP contribution is -2.42. The SMILES string of the molecule is CN(CCCn1nnc2cc(C=O)c3c(c21)CCC3)[C@H]1CC[C@H](OC(=O)[C@](O)(c2cccs2)c2ccc(-c3ccccc3)s2)CC1. The van der Waals surface area contributed by atoms with Crippen LogP contribution >= 0.6 is 22.7 Å². The smallest absolute Gasteiger partial charge is 0.349 e. The predicted octanol–water partition coefficient (Wildman–Crippen LogP) is 6.63. The molecular formula is C36H38N4O4S2. The molecule has 1 saturated carbocycles. The lowest BCUT2D eigenvalue weighted by atomic mass is 9.91. The number of carbonyl (C=O) groups is 2. The number of hydrogen-bond acceptors (Lipinski definition) is 9. The second kappa shape index (κ2) is 13.2. The molecule has 7 rings (SSSR count). The Balaban J connectivity index is 0.952. The molecule has 238 valence electrons. The van der Waals surface area contributed by atoms with Crippen LogP contribution in [-0.2, 0) is 34.5 Å². The van der Waals surface area contributed by atoms with Gasteiger partial charge in [0.15, 0.2) is 0 Å². The highest BCUT2D eigenvalue weighted by Crippen LogP contribution is 2.41. The van der Waals surface area contributed by atoms with E-state index in [2.05, 4.69) is 22.3 Å². The molecule has 1 atom stereocenters. The van der Waals surface area contributed by atoms with Crippen LogP contribution in [0, 0.1) is 0 Å². The standard InChI is InChI=1S/C36H38N4O4S2/c1-39(19-7-20-40-34-29-11-5-10-28(29)25(23-41)22-30(34)37-38-40)26-13-15-27(16-14-26)44-35(42)36(43,32-12-6-21-45-32)33-18-17-31(46-33)24-8-3-2-4-9-24/h2-4,6,8-9,12,17-18,21-23,26-27,43H,5,7,10-11,13-16,19-20H2,1H3/t26-,27-,36-/m0/s1. The topological polar surface area (TPSA) is 97.5 Å². The molecule has 1 fully saturated rings. The molecule has 1 N–H and O–H groups in total. The van der Waals surface area contributed by atoms with E-state index in [0.29, 0.717) is 15.8 Å². The Kier molecular flexibility index (Phi) is 8.87. The van der Waals surface area contributed by atoms with E-state index in [4.69, 9.17) is 4.74 Å². The van der Waals surface area contributed by atoms with Crippen LogP contribution in [0.1, 0.15) is 69.8 Å². The number of fused-ring (bicyclic) bond motifs is 3. The number of esters is 1. The van der Waals surface area contributed by atoms with E-state index in [-0.39, 0.29) is 6.10 Å². The van der Waals surface area contributed by atoms with Gasteiger partial charge in [-0.1, -0.05) is 41.6 Å². The summed E-state index contributed by atoms with van der Waals surface area (Å²) in [5, 5.41) is 22.7. The summed E-state index contributed by atoms with van der Waals surface area (Å²) in [5.74, 6) is -0.597. The summed E-state index contributed by atoms with van der Waals surface area (Å²) in [7, 11) is 2.17. The van der Waals surface area contributed by atoms with Crippen molar-refractivity contribution in [3.05, 3.63) is 92.5 Å². The fraction of sp³-hybridized carbons (Fsp3) is 0.389. The van der Waals surface area contributed by atoms with E-state index >= 15 is 0 Å². The zero-order valence-electron chi connectivity index (χ0n) is 25.9. The number of aliphatic hydroxyl groups is 1. The van der Waals surface area contributed by atoms with E-state index in [1.807, 2.05) is 64.7 Å². The van der Waals surface area contributed by atoms with Crippen molar-refractivity contribution in [1.82, 2.24) is 19.9 Å². The molecule has 3 aromatic heterocycles. The Morgan fingerprint density at radius 3 is 2.63 bits per heavy atom. The van der Waals surface area contributed by atoms with Gasteiger partial charge in [0.1, 0.15) is 17.9 Å². The molecule has 2 aromatic carbocycles. The number of aryl methyl sites for hydroxylation is 2. The van der Waals surface area contributed by atoms with Crippen molar-refractivity contribution in [1.29, 1.82) is 0 Å². The molecule has 2 aliphatic carbocycles. The molecule has 5 aromatic rings. The van der Waals surface area contributed by atoms with Crippen molar-refractivity contribution >= 4 is 46.0 Å². The normalized spacial score (nSPS) is 19.3. The number of carbonyl (C=O) groups excluding carboxylic acids is 2. The van der Waals surface area contributed by atoms with Crippen molar-refractivity contribution in [2.24, 2.45) is 0 Å². The first-order chi connectivity index (χ1) is 22.5. The summed E-state index contributed by atoms with van der Waals surface area (Å²) < 4.78 is 8.08. The van der Waals surface area contributed by atoms with Crippen molar-refractivity contribution in [2.75, 3.05) is 13.6 Å². The average molecular weight is 655 g/mol. The van der Waals surface area contributed by atoms with Gasteiger partial charge in [0.05, 0.1) is 15.3 Å². The van der Waals surface area contributed by atoms with E-state index in [1.54, 1.807) is 6.07 Å². The molecule has 0 aliphatic heterocycles. The minimum absolute atomic E-state index is 0.225. The largest absolute Gasteiger partial charge is 0.460 e. The number of nitrogens with zero attached hydrogens (tertiary/aromatic N) is 4. The van der Waals surface area contributed by atoms with E-state index < -0.39 is 11.6 Å². The highest BCUT2D eigenvalue weighted by Gasteiger charge is 2.45. The molecule has 10 heteroatoms. The lowest BCUT2D eigenvalue weighted by Gasteiger charge is -2.35. The van der Waals surface area contributed by atoms with E-state index in [0.717, 1.165) is 97.8 Å². The van der Waals surface area contributed by atoms with E-state index in [9.17, 15) is 14.7 Å². The highest BCUT2D eigenvalue weighted by atomic mass is 32.1. The van der Waals surface area contributed by atoms with Crippen molar-refractivity contribution in [3.8, 4) is 10.4 Å². The molecule has 0 saturated heterocycles. The summed E-state index contributed by atoms with van der Waals surface area (Å²) in [5.41, 5.74) is 4.28. The Labute approximate surface area is 276 Å².